The molecule has 0 aromatic rings. The van der Waals surface area contributed by atoms with Gasteiger partial charge in [-0.25, -0.2) is 0 Å². The lowest BCUT2D eigenvalue weighted by Crippen LogP contribution is -2.67. The van der Waals surface area contributed by atoms with Crippen LogP contribution in [-0.2, 0) is 14.3 Å². The molecule has 14 nitrogen and oxygen atoms in total. The Hall–Kier alpha value is -1.69. The summed E-state index contributed by atoms with van der Waals surface area (Å²) >= 11 is 0. The lowest BCUT2D eigenvalue weighted by atomic mass is 9.76. The van der Waals surface area contributed by atoms with Crippen LogP contribution >= 0.6 is 0 Å². The smallest absolute Gasteiger partial charge is 0.208 e. The maximum atomic E-state index is 12.4. The highest BCUT2D eigenvalue weighted by Crippen LogP contribution is 2.40. The fourth-order valence-corrected chi connectivity index (χ4v) is 3.96. The van der Waals surface area contributed by atoms with Crippen molar-refractivity contribution < 1.29 is 70.4 Å². The molecule has 14 heteroatoms. The van der Waals surface area contributed by atoms with Crippen LogP contribution in [0.2, 0.25) is 0 Å². The van der Waals surface area contributed by atoms with E-state index < -0.39 is 103 Å². The monoisotopic (exact) mass is 465 g/mol. The third kappa shape index (κ3) is 3.72. The van der Waals surface area contributed by atoms with Gasteiger partial charge in [0, 0.05) is 0 Å². The molecule has 2 saturated heterocycles. The topological polar surface area (TPSA) is 258 Å². The van der Waals surface area contributed by atoms with Gasteiger partial charge in [-0.2, -0.15) is 0 Å². The molecule has 2 aliphatic heterocycles. The SMILES string of the molecule is O=C1[C]=C(O)C(O)([C@@H]2O[C@H](CO)[C@@H](O)[C@H](O)[C@H]2O)C(O)=C1C(O)C1OCC(O)C(O)C1O. The number of carbonyl (C=O) groups is 1. The molecular weight excluding hydrogens is 440 g/mol. The zero-order valence-corrected chi connectivity index (χ0v) is 16.3. The third-order valence-electron chi connectivity index (χ3n) is 5.90. The second-order valence-electron chi connectivity index (χ2n) is 7.87. The number of aliphatic hydroxyl groups is 11. The van der Waals surface area contributed by atoms with Gasteiger partial charge in [-0.3, -0.25) is 4.79 Å². The summed E-state index contributed by atoms with van der Waals surface area (Å²) in [5, 5.41) is 111. The van der Waals surface area contributed by atoms with Gasteiger partial charge in [-0.05, 0) is 0 Å². The Bertz CT molecular complexity index is 795. The van der Waals surface area contributed by atoms with Crippen LogP contribution in [0.15, 0.2) is 17.1 Å². The lowest BCUT2D eigenvalue weighted by molar-refractivity contribution is -0.265. The molecule has 3 rings (SSSR count). The number of hydrogen-bond acceptors (Lipinski definition) is 14. The van der Waals surface area contributed by atoms with Crippen molar-refractivity contribution in [2.45, 2.75) is 66.6 Å². The Morgan fingerprint density at radius 3 is 2.22 bits per heavy atom. The molecule has 1 aliphatic carbocycles. The van der Waals surface area contributed by atoms with Crippen molar-refractivity contribution in [3.8, 4) is 0 Å². The first-order valence-corrected chi connectivity index (χ1v) is 9.55. The third-order valence-corrected chi connectivity index (χ3v) is 5.90. The predicted molar refractivity (Wildman–Crippen MR) is 96.5 cm³/mol. The Labute approximate surface area is 180 Å². The van der Waals surface area contributed by atoms with Gasteiger partial charge in [-0.15, -0.1) is 0 Å². The minimum atomic E-state index is -3.20. The van der Waals surface area contributed by atoms with E-state index >= 15 is 0 Å². The summed E-state index contributed by atoms with van der Waals surface area (Å²) in [6.45, 7) is -1.48. The standard InChI is InChI=1S/C18H25O14/c19-2-6-10(24)12(26)14(28)17(32-6)18(30)7(22)1-4(20)8(16(18)29)11(25)15-13(27)9(23)5(21)3-31-15/h5-6,9-15,17,19,21-30H,2-3H2/t5?,6-,9?,10-,11?,12+,13?,14-,15?,17-,18?/m1/s1. The lowest BCUT2D eigenvalue weighted by Gasteiger charge is -2.47. The van der Waals surface area contributed by atoms with Gasteiger partial charge < -0.3 is 65.6 Å². The van der Waals surface area contributed by atoms with E-state index in [1.807, 2.05) is 0 Å². The van der Waals surface area contributed by atoms with Gasteiger partial charge in [-0.1, -0.05) is 0 Å². The van der Waals surface area contributed by atoms with Crippen molar-refractivity contribution in [2.24, 2.45) is 0 Å². The number of Topliss-reactive ketones (excluding diaryl/α,β-unsaturated/α-hetero) is 1. The zero-order chi connectivity index (χ0) is 24.1. The second kappa shape index (κ2) is 8.92. The van der Waals surface area contributed by atoms with Crippen LogP contribution in [0.3, 0.4) is 0 Å². The van der Waals surface area contributed by atoms with Crippen LogP contribution < -0.4 is 0 Å². The molecule has 181 valence electrons. The highest BCUT2D eigenvalue weighted by Gasteiger charge is 2.60. The average Bonchev–Trinajstić information content (AvgIpc) is 2.74. The molecule has 0 amide bonds. The minimum absolute atomic E-state index is 0.566. The molecule has 2 heterocycles. The van der Waals surface area contributed by atoms with Crippen LogP contribution in [0.4, 0.5) is 0 Å². The van der Waals surface area contributed by atoms with Crippen molar-refractivity contribution in [3.05, 3.63) is 23.2 Å². The number of rotatable bonds is 4. The van der Waals surface area contributed by atoms with E-state index in [9.17, 15) is 61.0 Å². The summed E-state index contributed by atoms with van der Waals surface area (Å²) in [5.41, 5.74) is -4.26. The van der Waals surface area contributed by atoms with Crippen LogP contribution in [0.1, 0.15) is 0 Å². The first-order valence-electron chi connectivity index (χ1n) is 9.55. The molecule has 0 aromatic heterocycles. The molecule has 6 unspecified atom stereocenters. The van der Waals surface area contributed by atoms with Crippen molar-refractivity contribution in [1.82, 2.24) is 0 Å². The largest absolute Gasteiger partial charge is 0.508 e. The summed E-state index contributed by atoms with van der Waals surface area (Å²) in [6.07, 6.45) is -17.3. The van der Waals surface area contributed by atoms with E-state index in [0.717, 1.165) is 0 Å². The van der Waals surface area contributed by atoms with E-state index in [0.29, 0.717) is 0 Å². The molecule has 3 aliphatic rings. The zero-order valence-electron chi connectivity index (χ0n) is 16.3. The average molecular weight is 465 g/mol. The number of ketones is 1. The van der Waals surface area contributed by atoms with E-state index in [1.54, 1.807) is 6.08 Å². The molecular formula is C18H25O14. The quantitative estimate of drug-likeness (QED) is 0.185. The number of aliphatic hydroxyl groups excluding tert-OH is 10. The molecule has 32 heavy (non-hydrogen) atoms. The predicted octanol–water partition coefficient (Wildman–Crippen LogP) is -5.96. The number of carbonyl (C=O) groups excluding carboxylic acids is 1. The molecule has 0 saturated carbocycles. The fourth-order valence-electron chi connectivity index (χ4n) is 3.96. The van der Waals surface area contributed by atoms with Crippen molar-refractivity contribution >= 4 is 5.78 Å². The van der Waals surface area contributed by atoms with Crippen molar-refractivity contribution in [1.29, 1.82) is 0 Å². The molecule has 0 bridgehead atoms. The van der Waals surface area contributed by atoms with Gasteiger partial charge in [0.1, 0.15) is 72.6 Å². The summed E-state index contributed by atoms with van der Waals surface area (Å²) in [6, 6.07) is 0. The van der Waals surface area contributed by atoms with E-state index in [-0.39, 0.29) is 0 Å². The van der Waals surface area contributed by atoms with Crippen LogP contribution in [-0.4, -0.2) is 142 Å². The van der Waals surface area contributed by atoms with E-state index in [2.05, 4.69) is 0 Å². The van der Waals surface area contributed by atoms with Crippen molar-refractivity contribution in [2.75, 3.05) is 13.2 Å². The Morgan fingerprint density at radius 2 is 1.62 bits per heavy atom. The molecule has 2 fully saturated rings. The highest BCUT2D eigenvalue weighted by atomic mass is 16.6. The van der Waals surface area contributed by atoms with Crippen LogP contribution in [0.25, 0.3) is 0 Å². The summed E-state index contributed by atoms with van der Waals surface area (Å²) in [5.74, 6) is -4.20. The first kappa shape index (κ1) is 24.9. The maximum Gasteiger partial charge on any atom is 0.208 e. The maximum absolute atomic E-state index is 12.4. The summed E-state index contributed by atoms with van der Waals surface area (Å²) < 4.78 is 10.2. The van der Waals surface area contributed by atoms with Gasteiger partial charge in [0.15, 0.2) is 5.78 Å². The number of ether oxygens (including phenoxy) is 2. The molecule has 0 aromatic carbocycles. The Balaban J connectivity index is 2.03. The molecule has 11 N–H and O–H groups in total. The van der Waals surface area contributed by atoms with Gasteiger partial charge in [0.05, 0.1) is 24.9 Å². The Kier molecular flexibility index (Phi) is 6.95. The van der Waals surface area contributed by atoms with Crippen LogP contribution in [0.5, 0.6) is 0 Å². The molecule has 11 atom stereocenters. The molecule has 0 spiro atoms. The summed E-state index contributed by atoms with van der Waals surface area (Å²) in [7, 11) is 0. The Morgan fingerprint density at radius 1 is 1.00 bits per heavy atom. The summed E-state index contributed by atoms with van der Waals surface area (Å²) in [4.78, 5) is 12.4. The first-order chi connectivity index (χ1) is 14.9. The normalized spacial score (nSPS) is 46.7. The van der Waals surface area contributed by atoms with Gasteiger partial charge in [0.25, 0.3) is 0 Å². The number of hydrogen-bond donors (Lipinski definition) is 11. The highest BCUT2D eigenvalue weighted by molar-refractivity contribution is 6.04. The fraction of sp³-hybridized carbons (Fsp3) is 0.722. The number of allylic oxidation sites excluding steroid dienone is 1. The molecule has 1 radical (unpaired) electrons. The van der Waals surface area contributed by atoms with Gasteiger partial charge in [0.2, 0.25) is 5.60 Å². The minimum Gasteiger partial charge on any atom is -0.508 e. The van der Waals surface area contributed by atoms with Crippen molar-refractivity contribution in [3.63, 3.8) is 0 Å². The van der Waals surface area contributed by atoms with Gasteiger partial charge >= 0.3 is 0 Å². The van der Waals surface area contributed by atoms with E-state index in [4.69, 9.17) is 9.47 Å². The second-order valence-corrected chi connectivity index (χ2v) is 7.87. The van der Waals surface area contributed by atoms with E-state index in [1.165, 1.54) is 0 Å². The van der Waals surface area contributed by atoms with Crippen LogP contribution in [0, 0.1) is 6.08 Å².